The molecule has 0 atom stereocenters. The predicted octanol–water partition coefficient (Wildman–Crippen LogP) is 3.19. The molecule has 1 saturated carbocycles. The van der Waals surface area contributed by atoms with Crippen LogP contribution in [-0.2, 0) is 16.6 Å². The lowest BCUT2D eigenvalue weighted by atomic mass is 10.1. The zero-order valence-corrected chi connectivity index (χ0v) is 14.5. The average molecular weight is 363 g/mol. The van der Waals surface area contributed by atoms with Crippen LogP contribution in [0, 0.1) is 12.7 Å². The van der Waals surface area contributed by atoms with Crippen molar-refractivity contribution < 1.29 is 22.7 Å². The lowest BCUT2D eigenvalue weighted by Crippen LogP contribution is -2.33. The number of benzene rings is 2. The Morgan fingerprint density at radius 3 is 2.52 bits per heavy atom. The van der Waals surface area contributed by atoms with E-state index in [-0.39, 0.29) is 23.0 Å². The van der Waals surface area contributed by atoms with Gasteiger partial charge in [0.25, 0.3) is 0 Å². The number of carboxylic acids is 1. The van der Waals surface area contributed by atoms with Crippen molar-refractivity contribution in [3.63, 3.8) is 0 Å². The Labute approximate surface area is 145 Å². The Hall–Kier alpha value is -2.25. The van der Waals surface area contributed by atoms with Crippen LogP contribution < -0.4 is 0 Å². The maximum atomic E-state index is 13.9. The van der Waals surface area contributed by atoms with Gasteiger partial charge in [-0.05, 0) is 43.5 Å². The van der Waals surface area contributed by atoms with Crippen molar-refractivity contribution in [1.82, 2.24) is 4.31 Å². The minimum absolute atomic E-state index is 0.0530. The summed E-state index contributed by atoms with van der Waals surface area (Å²) >= 11 is 0. The molecule has 1 fully saturated rings. The van der Waals surface area contributed by atoms with Crippen molar-refractivity contribution in [2.75, 3.05) is 0 Å². The molecule has 2 aromatic carbocycles. The summed E-state index contributed by atoms with van der Waals surface area (Å²) in [7, 11) is -3.92. The maximum Gasteiger partial charge on any atom is 0.335 e. The molecule has 0 radical (unpaired) electrons. The van der Waals surface area contributed by atoms with Crippen LogP contribution in [0.15, 0.2) is 47.4 Å². The van der Waals surface area contributed by atoms with Crippen LogP contribution in [0.2, 0.25) is 0 Å². The van der Waals surface area contributed by atoms with Gasteiger partial charge in [0.2, 0.25) is 10.0 Å². The average Bonchev–Trinajstić information content (AvgIpc) is 3.38. The second-order valence-electron chi connectivity index (χ2n) is 6.15. The first-order valence-corrected chi connectivity index (χ1v) is 9.34. The van der Waals surface area contributed by atoms with Crippen LogP contribution in [0.4, 0.5) is 4.39 Å². The van der Waals surface area contributed by atoms with E-state index in [1.165, 1.54) is 28.6 Å². The van der Waals surface area contributed by atoms with Gasteiger partial charge >= 0.3 is 5.97 Å². The summed E-state index contributed by atoms with van der Waals surface area (Å²) in [5.74, 6) is -1.64. The quantitative estimate of drug-likeness (QED) is 0.855. The summed E-state index contributed by atoms with van der Waals surface area (Å²) in [6.07, 6.45) is 1.43. The van der Waals surface area contributed by atoms with E-state index in [2.05, 4.69) is 0 Å². The third kappa shape index (κ3) is 3.57. The molecule has 1 aliphatic carbocycles. The number of halogens is 1. The molecule has 3 rings (SSSR count). The first-order chi connectivity index (χ1) is 11.8. The van der Waals surface area contributed by atoms with E-state index in [9.17, 15) is 22.7 Å². The second-order valence-corrected chi connectivity index (χ2v) is 8.05. The largest absolute Gasteiger partial charge is 0.478 e. The van der Waals surface area contributed by atoms with Crippen LogP contribution in [0.3, 0.4) is 0 Å². The van der Waals surface area contributed by atoms with Crippen molar-refractivity contribution in [2.24, 2.45) is 0 Å². The highest BCUT2D eigenvalue weighted by Crippen LogP contribution is 2.34. The summed E-state index contributed by atoms with van der Waals surface area (Å²) in [6, 6.07) is 9.92. The zero-order chi connectivity index (χ0) is 18.2. The summed E-state index contributed by atoms with van der Waals surface area (Å²) in [4.78, 5) is 11.2. The van der Waals surface area contributed by atoms with E-state index in [4.69, 9.17) is 0 Å². The van der Waals surface area contributed by atoms with Gasteiger partial charge < -0.3 is 5.11 Å². The van der Waals surface area contributed by atoms with Crippen molar-refractivity contribution >= 4 is 16.0 Å². The third-order valence-electron chi connectivity index (χ3n) is 4.28. The Morgan fingerprint density at radius 1 is 1.24 bits per heavy atom. The SMILES string of the molecule is Cc1ccc(S(=O)(=O)N(Cc2ccccc2F)C2CC2)cc1C(=O)O. The molecule has 0 heterocycles. The fraction of sp³-hybridized carbons (Fsp3) is 0.278. The number of carboxylic acid groups (broad SMARTS) is 1. The molecule has 132 valence electrons. The first kappa shape index (κ1) is 17.6. The van der Waals surface area contributed by atoms with E-state index in [1.54, 1.807) is 25.1 Å². The van der Waals surface area contributed by atoms with E-state index in [0.29, 0.717) is 24.0 Å². The smallest absolute Gasteiger partial charge is 0.335 e. The van der Waals surface area contributed by atoms with Gasteiger partial charge in [-0.2, -0.15) is 4.31 Å². The lowest BCUT2D eigenvalue weighted by molar-refractivity contribution is 0.0696. The number of nitrogens with zero attached hydrogens (tertiary/aromatic N) is 1. The van der Waals surface area contributed by atoms with Gasteiger partial charge in [0.05, 0.1) is 10.5 Å². The van der Waals surface area contributed by atoms with Crippen molar-refractivity contribution in [2.45, 2.75) is 37.2 Å². The molecule has 1 aliphatic rings. The monoisotopic (exact) mass is 363 g/mol. The minimum atomic E-state index is -3.92. The molecule has 0 aromatic heterocycles. The molecular weight excluding hydrogens is 345 g/mol. The van der Waals surface area contributed by atoms with Crippen molar-refractivity contribution in [1.29, 1.82) is 0 Å². The molecule has 0 spiro atoms. The topological polar surface area (TPSA) is 74.7 Å². The molecule has 0 aliphatic heterocycles. The Balaban J connectivity index is 2.00. The molecule has 1 N–H and O–H groups in total. The molecule has 5 nitrogen and oxygen atoms in total. The number of hydrogen-bond acceptors (Lipinski definition) is 3. The summed E-state index contributed by atoms with van der Waals surface area (Å²) in [5.41, 5.74) is 0.727. The van der Waals surface area contributed by atoms with E-state index >= 15 is 0 Å². The Morgan fingerprint density at radius 2 is 1.92 bits per heavy atom. The first-order valence-electron chi connectivity index (χ1n) is 7.90. The van der Waals surface area contributed by atoms with Crippen LogP contribution in [0.25, 0.3) is 0 Å². The number of hydrogen-bond donors (Lipinski definition) is 1. The van der Waals surface area contributed by atoms with Gasteiger partial charge in [0, 0.05) is 18.2 Å². The van der Waals surface area contributed by atoms with Crippen molar-refractivity contribution in [3.05, 3.63) is 65.0 Å². The number of rotatable bonds is 6. The number of carbonyl (C=O) groups is 1. The number of aryl methyl sites for hydroxylation is 1. The van der Waals surface area contributed by atoms with Crippen molar-refractivity contribution in [3.8, 4) is 0 Å². The van der Waals surface area contributed by atoms with Gasteiger partial charge in [-0.1, -0.05) is 24.3 Å². The van der Waals surface area contributed by atoms with Gasteiger partial charge in [0.1, 0.15) is 5.82 Å². The van der Waals surface area contributed by atoms with Crippen LogP contribution >= 0.6 is 0 Å². The highest BCUT2D eigenvalue weighted by atomic mass is 32.2. The van der Waals surface area contributed by atoms with E-state index in [1.807, 2.05) is 0 Å². The Kier molecular flexibility index (Phi) is 4.62. The molecular formula is C18H18FNO4S. The van der Waals surface area contributed by atoms with Crippen LogP contribution in [-0.4, -0.2) is 29.8 Å². The summed E-state index contributed by atoms with van der Waals surface area (Å²) < 4.78 is 41.3. The van der Waals surface area contributed by atoms with E-state index in [0.717, 1.165) is 0 Å². The molecule has 25 heavy (non-hydrogen) atoms. The second kappa shape index (κ2) is 6.57. The fourth-order valence-electron chi connectivity index (χ4n) is 2.69. The summed E-state index contributed by atoms with van der Waals surface area (Å²) in [5, 5.41) is 9.23. The minimum Gasteiger partial charge on any atom is -0.478 e. The lowest BCUT2D eigenvalue weighted by Gasteiger charge is -2.22. The predicted molar refractivity (Wildman–Crippen MR) is 90.3 cm³/mol. The van der Waals surface area contributed by atoms with Gasteiger partial charge in [-0.25, -0.2) is 17.6 Å². The molecule has 0 saturated heterocycles. The Bertz CT molecular complexity index is 922. The van der Waals surface area contributed by atoms with Crippen LogP contribution in [0.5, 0.6) is 0 Å². The van der Waals surface area contributed by atoms with Gasteiger partial charge in [-0.15, -0.1) is 0 Å². The zero-order valence-electron chi connectivity index (χ0n) is 13.6. The van der Waals surface area contributed by atoms with Gasteiger partial charge in [0.15, 0.2) is 0 Å². The number of sulfonamides is 1. The highest BCUT2D eigenvalue weighted by molar-refractivity contribution is 7.89. The summed E-state index contributed by atoms with van der Waals surface area (Å²) in [6.45, 7) is 1.54. The van der Waals surface area contributed by atoms with E-state index < -0.39 is 21.8 Å². The van der Waals surface area contributed by atoms with Crippen LogP contribution in [0.1, 0.15) is 34.3 Å². The normalized spacial score (nSPS) is 14.7. The molecule has 0 bridgehead atoms. The standard InChI is InChI=1S/C18H18FNO4S/c1-12-6-9-15(10-16(12)18(21)22)25(23,24)20(14-7-8-14)11-13-4-2-3-5-17(13)19/h2-6,9-10,14H,7-8,11H2,1H3,(H,21,22). The van der Waals surface area contributed by atoms with Gasteiger partial charge in [-0.3, -0.25) is 0 Å². The fourth-order valence-corrected chi connectivity index (χ4v) is 4.38. The maximum absolute atomic E-state index is 13.9. The number of aromatic carboxylic acids is 1. The molecule has 0 unspecified atom stereocenters. The molecule has 2 aromatic rings. The highest BCUT2D eigenvalue weighted by Gasteiger charge is 2.38. The molecule has 7 heteroatoms. The third-order valence-corrected chi connectivity index (χ3v) is 6.18. The molecule has 0 amide bonds.